The Morgan fingerprint density at radius 1 is 1.17 bits per heavy atom. The van der Waals surface area contributed by atoms with Gasteiger partial charge in [-0.25, -0.2) is 0 Å². The van der Waals surface area contributed by atoms with Gasteiger partial charge in [-0.15, -0.1) is 0 Å². The normalized spacial score (nSPS) is 11.0. The molecule has 23 heavy (non-hydrogen) atoms. The summed E-state index contributed by atoms with van der Waals surface area (Å²) < 4.78 is 12.0. The molecule has 1 N–H and O–H groups in total. The van der Waals surface area contributed by atoms with Gasteiger partial charge in [0.2, 0.25) is 0 Å². The number of methoxy groups -OCH3 is 1. The van der Waals surface area contributed by atoms with Crippen LogP contribution in [-0.4, -0.2) is 19.4 Å². The zero-order chi connectivity index (χ0) is 16.8. The summed E-state index contributed by atoms with van der Waals surface area (Å²) in [5.41, 5.74) is 6.07. The standard InChI is InChI=1S/C18H21BrN2O2/c1-12(2)23-18-16(19)9-14(10-17(18)22-4)11-20-21-15-7-5-13(3)6-8-15/h5-12,21H,1-4H3/b20-11+. The number of rotatable bonds is 6. The minimum atomic E-state index is 0.0721. The maximum Gasteiger partial charge on any atom is 0.175 e. The second-order valence-electron chi connectivity index (χ2n) is 5.44. The second-order valence-corrected chi connectivity index (χ2v) is 6.29. The second kappa shape index (κ2) is 8.02. The maximum atomic E-state index is 5.77. The summed E-state index contributed by atoms with van der Waals surface area (Å²) in [6.07, 6.45) is 1.81. The number of benzene rings is 2. The summed E-state index contributed by atoms with van der Waals surface area (Å²) in [5, 5.41) is 4.26. The molecule has 0 atom stereocenters. The van der Waals surface area contributed by atoms with E-state index in [1.54, 1.807) is 13.3 Å². The number of ether oxygens (including phenoxy) is 2. The molecule has 0 fully saturated rings. The Hall–Kier alpha value is -2.01. The van der Waals surface area contributed by atoms with Crippen molar-refractivity contribution < 1.29 is 9.47 Å². The fraction of sp³-hybridized carbons (Fsp3) is 0.278. The van der Waals surface area contributed by atoms with E-state index in [-0.39, 0.29) is 6.10 Å². The predicted octanol–water partition coefficient (Wildman–Crippen LogP) is 5.00. The van der Waals surface area contributed by atoms with Crippen LogP contribution in [0.5, 0.6) is 11.5 Å². The monoisotopic (exact) mass is 376 g/mol. The lowest BCUT2D eigenvalue weighted by Gasteiger charge is -2.15. The van der Waals surface area contributed by atoms with Crippen molar-refractivity contribution in [3.63, 3.8) is 0 Å². The van der Waals surface area contributed by atoms with E-state index in [1.165, 1.54) is 5.56 Å². The molecule has 2 aromatic carbocycles. The molecule has 0 bridgehead atoms. The van der Waals surface area contributed by atoms with Gasteiger partial charge in [-0.1, -0.05) is 17.7 Å². The first kappa shape index (κ1) is 17.3. The van der Waals surface area contributed by atoms with Crippen molar-refractivity contribution in [1.29, 1.82) is 0 Å². The quantitative estimate of drug-likeness (QED) is 0.569. The Labute approximate surface area is 145 Å². The minimum absolute atomic E-state index is 0.0721. The molecule has 0 unspecified atom stereocenters. The van der Waals surface area contributed by atoms with E-state index in [9.17, 15) is 0 Å². The number of anilines is 1. The third kappa shape index (κ3) is 4.99. The van der Waals surface area contributed by atoms with Crippen LogP contribution in [0.25, 0.3) is 0 Å². The van der Waals surface area contributed by atoms with E-state index in [0.29, 0.717) is 11.5 Å². The van der Waals surface area contributed by atoms with Crippen LogP contribution in [0, 0.1) is 6.92 Å². The van der Waals surface area contributed by atoms with Crippen molar-refractivity contribution in [1.82, 2.24) is 0 Å². The fourth-order valence-electron chi connectivity index (χ4n) is 1.97. The van der Waals surface area contributed by atoms with E-state index in [4.69, 9.17) is 9.47 Å². The molecule has 0 saturated heterocycles. The first-order chi connectivity index (χ1) is 11.0. The lowest BCUT2D eigenvalue weighted by molar-refractivity contribution is 0.228. The van der Waals surface area contributed by atoms with E-state index < -0.39 is 0 Å². The van der Waals surface area contributed by atoms with Crippen LogP contribution in [0.2, 0.25) is 0 Å². The van der Waals surface area contributed by atoms with Crippen LogP contribution < -0.4 is 14.9 Å². The topological polar surface area (TPSA) is 42.8 Å². The number of nitrogens with one attached hydrogen (secondary N) is 1. The molecular weight excluding hydrogens is 356 g/mol. The summed E-state index contributed by atoms with van der Waals surface area (Å²) in [7, 11) is 1.63. The number of nitrogens with zero attached hydrogens (tertiary/aromatic N) is 1. The molecule has 0 aliphatic carbocycles. The molecule has 2 aromatic rings. The summed E-state index contributed by atoms with van der Waals surface area (Å²) >= 11 is 3.53. The van der Waals surface area contributed by atoms with Crippen molar-refractivity contribution in [2.75, 3.05) is 12.5 Å². The third-order valence-corrected chi connectivity index (χ3v) is 3.65. The molecule has 4 nitrogen and oxygen atoms in total. The highest BCUT2D eigenvalue weighted by molar-refractivity contribution is 9.10. The minimum Gasteiger partial charge on any atom is -0.493 e. The Kier molecular flexibility index (Phi) is 6.04. The highest BCUT2D eigenvalue weighted by atomic mass is 79.9. The van der Waals surface area contributed by atoms with Crippen LogP contribution in [0.15, 0.2) is 46.0 Å². The zero-order valence-electron chi connectivity index (χ0n) is 13.8. The van der Waals surface area contributed by atoms with Crippen molar-refractivity contribution in [2.24, 2.45) is 5.10 Å². The van der Waals surface area contributed by atoms with Gasteiger partial charge in [-0.2, -0.15) is 5.10 Å². The molecule has 0 amide bonds. The number of hydrogen-bond donors (Lipinski definition) is 1. The largest absolute Gasteiger partial charge is 0.493 e. The van der Waals surface area contributed by atoms with E-state index in [0.717, 1.165) is 15.7 Å². The van der Waals surface area contributed by atoms with Crippen LogP contribution in [0.4, 0.5) is 5.69 Å². The Morgan fingerprint density at radius 3 is 2.48 bits per heavy atom. The van der Waals surface area contributed by atoms with Gasteiger partial charge in [0.25, 0.3) is 0 Å². The van der Waals surface area contributed by atoms with Gasteiger partial charge in [0.1, 0.15) is 0 Å². The average molecular weight is 377 g/mol. The molecule has 5 heteroatoms. The van der Waals surface area contributed by atoms with Gasteiger partial charge in [-0.3, -0.25) is 5.43 Å². The van der Waals surface area contributed by atoms with Crippen LogP contribution >= 0.6 is 15.9 Å². The SMILES string of the molecule is COc1cc(/C=N/Nc2ccc(C)cc2)cc(Br)c1OC(C)C. The van der Waals surface area contributed by atoms with Gasteiger partial charge >= 0.3 is 0 Å². The Bertz CT molecular complexity index is 682. The van der Waals surface area contributed by atoms with Gasteiger partial charge in [0.05, 0.1) is 29.6 Å². The highest BCUT2D eigenvalue weighted by Gasteiger charge is 2.12. The summed E-state index contributed by atoms with van der Waals surface area (Å²) in [6.45, 7) is 6.01. The molecule has 0 aliphatic rings. The number of halogens is 1. The summed E-state index contributed by atoms with van der Waals surface area (Å²) in [5.74, 6) is 1.37. The number of hydrogen-bond acceptors (Lipinski definition) is 4. The fourth-order valence-corrected chi connectivity index (χ4v) is 2.53. The molecule has 0 aromatic heterocycles. The third-order valence-electron chi connectivity index (χ3n) is 3.06. The Balaban J connectivity index is 2.15. The molecular formula is C18H21BrN2O2. The summed E-state index contributed by atoms with van der Waals surface area (Å²) in [4.78, 5) is 0. The van der Waals surface area contributed by atoms with Crippen LogP contribution in [-0.2, 0) is 0 Å². The van der Waals surface area contributed by atoms with Gasteiger partial charge in [-0.05, 0) is 66.5 Å². The molecule has 0 saturated carbocycles. The van der Waals surface area contributed by atoms with E-state index in [2.05, 4.69) is 33.4 Å². The van der Waals surface area contributed by atoms with Gasteiger partial charge in [0, 0.05) is 0 Å². The maximum absolute atomic E-state index is 5.77. The van der Waals surface area contributed by atoms with Gasteiger partial charge < -0.3 is 9.47 Å². The molecule has 0 aliphatic heterocycles. The van der Waals surface area contributed by atoms with Gasteiger partial charge in [0.15, 0.2) is 11.5 Å². The first-order valence-corrected chi connectivity index (χ1v) is 8.19. The average Bonchev–Trinajstić information content (AvgIpc) is 2.51. The van der Waals surface area contributed by atoms with Crippen LogP contribution in [0.1, 0.15) is 25.0 Å². The van der Waals surface area contributed by atoms with Crippen molar-refractivity contribution >= 4 is 27.8 Å². The smallest absolute Gasteiger partial charge is 0.175 e. The Morgan fingerprint density at radius 2 is 1.87 bits per heavy atom. The molecule has 0 radical (unpaired) electrons. The zero-order valence-corrected chi connectivity index (χ0v) is 15.3. The van der Waals surface area contributed by atoms with E-state index >= 15 is 0 Å². The van der Waals surface area contributed by atoms with Crippen molar-refractivity contribution in [3.05, 3.63) is 52.0 Å². The summed E-state index contributed by atoms with van der Waals surface area (Å²) in [6, 6.07) is 11.9. The first-order valence-electron chi connectivity index (χ1n) is 7.39. The predicted molar refractivity (Wildman–Crippen MR) is 98.9 cm³/mol. The van der Waals surface area contributed by atoms with Crippen molar-refractivity contribution in [2.45, 2.75) is 26.9 Å². The number of aryl methyl sites for hydroxylation is 1. The highest BCUT2D eigenvalue weighted by Crippen LogP contribution is 2.36. The molecule has 2 rings (SSSR count). The lowest BCUT2D eigenvalue weighted by atomic mass is 10.2. The number of hydrazone groups is 1. The van der Waals surface area contributed by atoms with Crippen LogP contribution in [0.3, 0.4) is 0 Å². The van der Waals surface area contributed by atoms with E-state index in [1.807, 2.05) is 50.2 Å². The van der Waals surface area contributed by atoms with Crippen molar-refractivity contribution in [3.8, 4) is 11.5 Å². The lowest BCUT2D eigenvalue weighted by Crippen LogP contribution is -2.07. The molecule has 0 heterocycles. The molecule has 0 spiro atoms. The molecule has 122 valence electrons.